The number of hydrogen-bond acceptors (Lipinski definition) is 1. The molecule has 13 heavy (non-hydrogen) atoms. The molecule has 1 N–H and O–H groups in total. The maximum atomic E-state index is 10.1. The lowest BCUT2D eigenvalue weighted by Crippen LogP contribution is -1.90. The Morgan fingerprint density at radius 3 is 2.54 bits per heavy atom. The lowest BCUT2D eigenvalue weighted by atomic mass is 10.1. The van der Waals surface area contributed by atoms with Gasteiger partial charge in [-0.3, -0.25) is 4.79 Å². The van der Waals surface area contributed by atoms with Crippen LogP contribution < -0.4 is 0 Å². The summed E-state index contributed by atoms with van der Waals surface area (Å²) in [7, 11) is 0. The molecule has 0 unspecified atom stereocenters. The van der Waals surface area contributed by atoms with Crippen LogP contribution in [0.15, 0.2) is 30.3 Å². The van der Waals surface area contributed by atoms with Gasteiger partial charge >= 0.3 is 5.97 Å². The molecule has 2 nitrogen and oxygen atoms in total. The third-order valence-electron chi connectivity index (χ3n) is 1.50. The number of carboxylic acids is 1. The van der Waals surface area contributed by atoms with Gasteiger partial charge in [-0.1, -0.05) is 42.2 Å². The van der Waals surface area contributed by atoms with Crippen LogP contribution in [0.5, 0.6) is 0 Å². The Bertz CT molecular complexity index is 330. The maximum absolute atomic E-state index is 10.1. The predicted octanol–water partition coefficient (Wildman–Crippen LogP) is 1.71. The zero-order valence-electron chi connectivity index (χ0n) is 7.16. The van der Waals surface area contributed by atoms with Crippen molar-refractivity contribution < 1.29 is 9.90 Å². The van der Waals surface area contributed by atoms with E-state index in [2.05, 4.69) is 11.8 Å². The minimum Gasteiger partial charge on any atom is -0.481 e. The number of aliphatic carboxylic acids is 1. The molecule has 0 amide bonds. The van der Waals surface area contributed by atoms with Crippen LogP contribution in [0, 0.1) is 11.8 Å². The molecule has 2 heteroatoms. The standard InChI is InChI=1S/C11H10O2/c12-11(13)9-5-4-8-10-6-2-1-3-7-10/h1-3,6-7H,8-9H2,(H,12,13). The molecule has 0 fully saturated rings. The van der Waals surface area contributed by atoms with Crippen LogP contribution >= 0.6 is 0 Å². The first-order chi connectivity index (χ1) is 6.29. The Labute approximate surface area is 77.2 Å². The van der Waals surface area contributed by atoms with Crippen LogP contribution in [0.4, 0.5) is 0 Å². The number of carbonyl (C=O) groups is 1. The van der Waals surface area contributed by atoms with E-state index in [1.54, 1.807) is 0 Å². The van der Waals surface area contributed by atoms with Crippen molar-refractivity contribution in [2.45, 2.75) is 12.8 Å². The summed E-state index contributed by atoms with van der Waals surface area (Å²) in [4.78, 5) is 10.1. The van der Waals surface area contributed by atoms with Gasteiger partial charge in [-0.15, -0.1) is 0 Å². The zero-order chi connectivity index (χ0) is 9.52. The van der Waals surface area contributed by atoms with Gasteiger partial charge in [0, 0.05) is 6.42 Å². The molecule has 1 aromatic carbocycles. The summed E-state index contributed by atoms with van der Waals surface area (Å²) in [5.74, 6) is 4.51. The summed E-state index contributed by atoms with van der Waals surface area (Å²) in [5.41, 5.74) is 1.11. The van der Waals surface area contributed by atoms with Gasteiger partial charge in [-0.05, 0) is 5.56 Å². The lowest BCUT2D eigenvalue weighted by Gasteiger charge is -1.90. The molecular weight excluding hydrogens is 164 g/mol. The van der Waals surface area contributed by atoms with Crippen molar-refractivity contribution in [3.05, 3.63) is 35.9 Å². The van der Waals surface area contributed by atoms with Crippen molar-refractivity contribution in [2.75, 3.05) is 0 Å². The Morgan fingerprint density at radius 1 is 1.23 bits per heavy atom. The molecule has 0 aliphatic heterocycles. The van der Waals surface area contributed by atoms with E-state index in [4.69, 9.17) is 5.11 Å². The molecule has 0 saturated carbocycles. The third-order valence-corrected chi connectivity index (χ3v) is 1.50. The smallest absolute Gasteiger partial charge is 0.315 e. The van der Waals surface area contributed by atoms with E-state index in [9.17, 15) is 4.79 Å². The van der Waals surface area contributed by atoms with E-state index in [0.29, 0.717) is 6.42 Å². The van der Waals surface area contributed by atoms with E-state index in [1.165, 1.54) is 0 Å². The van der Waals surface area contributed by atoms with Gasteiger partial charge in [0.15, 0.2) is 0 Å². The summed E-state index contributed by atoms with van der Waals surface area (Å²) >= 11 is 0. The molecule has 1 rings (SSSR count). The molecule has 66 valence electrons. The minimum absolute atomic E-state index is 0.0766. The summed E-state index contributed by atoms with van der Waals surface area (Å²) in [6, 6.07) is 9.75. The molecule has 0 saturated heterocycles. The molecule has 0 aliphatic rings. The normalized spacial score (nSPS) is 8.62. The molecule has 0 aliphatic carbocycles. The highest BCUT2D eigenvalue weighted by Gasteiger charge is 1.88. The Balaban J connectivity index is 2.42. The van der Waals surface area contributed by atoms with Gasteiger partial charge in [-0.2, -0.15) is 0 Å². The maximum Gasteiger partial charge on any atom is 0.315 e. The predicted molar refractivity (Wildman–Crippen MR) is 50.2 cm³/mol. The average Bonchev–Trinajstić information content (AvgIpc) is 2.14. The second-order valence-corrected chi connectivity index (χ2v) is 2.59. The molecule has 0 aromatic heterocycles. The second-order valence-electron chi connectivity index (χ2n) is 2.59. The van der Waals surface area contributed by atoms with Crippen molar-refractivity contribution in [2.24, 2.45) is 0 Å². The van der Waals surface area contributed by atoms with Crippen molar-refractivity contribution in [3.8, 4) is 11.8 Å². The molecule has 0 atom stereocenters. The highest BCUT2D eigenvalue weighted by molar-refractivity contribution is 5.69. The summed E-state index contributed by atoms with van der Waals surface area (Å²) in [5, 5.41) is 8.31. The number of rotatable bonds is 2. The van der Waals surface area contributed by atoms with Crippen LogP contribution in [0.25, 0.3) is 0 Å². The molecule has 0 radical (unpaired) electrons. The average molecular weight is 174 g/mol. The van der Waals surface area contributed by atoms with E-state index in [1.807, 2.05) is 30.3 Å². The Hall–Kier alpha value is -1.75. The van der Waals surface area contributed by atoms with Crippen molar-refractivity contribution in [1.82, 2.24) is 0 Å². The SMILES string of the molecule is O=C(O)CC#CCc1ccccc1. The first-order valence-electron chi connectivity index (χ1n) is 4.00. The first kappa shape index (κ1) is 9.34. The summed E-state index contributed by atoms with van der Waals surface area (Å²) < 4.78 is 0. The van der Waals surface area contributed by atoms with Gasteiger partial charge in [-0.25, -0.2) is 0 Å². The zero-order valence-corrected chi connectivity index (χ0v) is 7.16. The number of carboxylic acid groups (broad SMARTS) is 1. The lowest BCUT2D eigenvalue weighted by molar-refractivity contribution is -0.135. The fraction of sp³-hybridized carbons (Fsp3) is 0.182. The van der Waals surface area contributed by atoms with Gasteiger partial charge in [0.1, 0.15) is 6.42 Å². The number of hydrogen-bond donors (Lipinski definition) is 1. The molecule has 0 bridgehead atoms. The van der Waals surface area contributed by atoms with Gasteiger partial charge in [0.2, 0.25) is 0 Å². The van der Waals surface area contributed by atoms with E-state index in [-0.39, 0.29) is 6.42 Å². The second kappa shape index (κ2) is 5.00. The molecular formula is C11H10O2. The largest absolute Gasteiger partial charge is 0.481 e. The Morgan fingerprint density at radius 2 is 1.92 bits per heavy atom. The highest BCUT2D eigenvalue weighted by Crippen LogP contribution is 1.97. The fourth-order valence-electron chi connectivity index (χ4n) is 0.899. The van der Waals surface area contributed by atoms with Crippen LogP contribution in [-0.4, -0.2) is 11.1 Å². The highest BCUT2D eigenvalue weighted by atomic mass is 16.4. The minimum atomic E-state index is -0.874. The quantitative estimate of drug-likeness (QED) is 0.693. The van der Waals surface area contributed by atoms with Crippen molar-refractivity contribution >= 4 is 5.97 Å². The van der Waals surface area contributed by atoms with Crippen LogP contribution in [0.1, 0.15) is 12.0 Å². The topological polar surface area (TPSA) is 37.3 Å². The van der Waals surface area contributed by atoms with E-state index >= 15 is 0 Å². The van der Waals surface area contributed by atoms with Crippen LogP contribution in [0.2, 0.25) is 0 Å². The molecule has 0 heterocycles. The third kappa shape index (κ3) is 3.97. The first-order valence-corrected chi connectivity index (χ1v) is 4.00. The van der Waals surface area contributed by atoms with Gasteiger partial charge in [0.05, 0.1) is 0 Å². The van der Waals surface area contributed by atoms with Gasteiger partial charge < -0.3 is 5.11 Å². The van der Waals surface area contributed by atoms with E-state index < -0.39 is 5.97 Å². The molecule has 0 spiro atoms. The van der Waals surface area contributed by atoms with Gasteiger partial charge in [0.25, 0.3) is 0 Å². The number of benzene rings is 1. The molecule has 1 aromatic rings. The fourth-order valence-corrected chi connectivity index (χ4v) is 0.899. The van der Waals surface area contributed by atoms with Crippen molar-refractivity contribution in [1.29, 1.82) is 0 Å². The monoisotopic (exact) mass is 174 g/mol. The van der Waals surface area contributed by atoms with Crippen molar-refractivity contribution in [3.63, 3.8) is 0 Å². The van der Waals surface area contributed by atoms with Crippen LogP contribution in [-0.2, 0) is 11.2 Å². The Kier molecular flexibility index (Phi) is 3.59. The van der Waals surface area contributed by atoms with Crippen LogP contribution in [0.3, 0.4) is 0 Å². The summed E-state index contributed by atoms with van der Waals surface area (Å²) in [6.45, 7) is 0. The summed E-state index contributed by atoms with van der Waals surface area (Å²) in [6.07, 6.45) is 0.543. The van der Waals surface area contributed by atoms with E-state index in [0.717, 1.165) is 5.56 Å².